The number of fused-ring (bicyclic) bond motifs is 1. The lowest BCUT2D eigenvalue weighted by molar-refractivity contribution is -0.154. The molecule has 0 radical (unpaired) electrons. The molecule has 0 fully saturated rings. The number of hydrogen-bond acceptors (Lipinski definition) is 5. The number of hydrogen-bond donors (Lipinski definition) is 0. The first-order valence-corrected chi connectivity index (χ1v) is 8.99. The molecule has 1 aliphatic heterocycles. The maximum atomic E-state index is 11.9. The minimum atomic E-state index is -0.455. The average molecular weight is 357 g/mol. The van der Waals surface area contributed by atoms with Gasteiger partial charge in [0.2, 0.25) is 0 Å². The van der Waals surface area contributed by atoms with Gasteiger partial charge in [0.1, 0.15) is 18.0 Å². The summed E-state index contributed by atoms with van der Waals surface area (Å²) in [5.41, 5.74) is 2.25. The molecule has 0 spiro atoms. The molecule has 140 valence electrons. The fraction of sp³-hybridized carbons (Fsp3) is 0.524. The van der Waals surface area contributed by atoms with Crippen LogP contribution in [0.3, 0.4) is 0 Å². The van der Waals surface area contributed by atoms with Gasteiger partial charge in [-0.1, -0.05) is 5.92 Å². The number of aldehydes is 1. The topological polar surface area (TPSA) is 55.8 Å². The molecule has 0 N–H and O–H groups in total. The minimum absolute atomic E-state index is 0.123. The van der Waals surface area contributed by atoms with Crippen LogP contribution in [-0.4, -0.2) is 37.6 Å². The van der Waals surface area contributed by atoms with Gasteiger partial charge in [-0.15, -0.1) is 6.42 Å². The molecule has 0 atom stereocenters. The van der Waals surface area contributed by atoms with Crippen molar-refractivity contribution in [3.8, 4) is 18.1 Å². The third kappa shape index (κ3) is 5.52. The maximum absolute atomic E-state index is 11.9. The van der Waals surface area contributed by atoms with Crippen molar-refractivity contribution in [2.24, 2.45) is 0 Å². The first kappa shape index (κ1) is 19.8. The summed E-state index contributed by atoms with van der Waals surface area (Å²) in [6.07, 6.45) is 9.09. The normalized spacial score (nSPS) is 13.5. The molecule has 0 saturated heterocycles. The average Bonchev–Trinajstić information content (AvgIpc) is 2.57. The second-order valence-electron chi connectivity index (χ2n) is 7.41. The molecule has 0 bridgehead atoms. The highest BCUT2D eigenvalue weighted by Gasteiger charge is 2.21. The number of ether oxygens (including phenoxy) is 2. The van der Waals surface area contributed by atoms with Crippen LogP contribution in [-0.2, 0) is 16.0 Å². The van der Waals surface area contributed by atoms with Crippen molar-refractivity contribution in [1.82, 2.24) is 0 Å². The summed E-state index contributed by atoms with van der Waals surface area (Å²) in [6, 6.07) is 3.78. The zero-order chi connectivity index (χ0) is 19.2. The Morgan fingerprint density at radius 3 is 2.81 bits per heavy atom. The lowest BCUT2D eigenvalue weighted by Gasteiger charge is -2.32. The van der Waals surface area contributed by atoms with Crippen molar-refractivity contribution >= 4 is 17.9 Å². The molecule has 0 aliphatic carbocycles. The van der Waals surface area contributed by atoms with E-state index in [4.69, 9.17) is 15.9 Å². The third-order valence-corrected chi connectivity index (χ3v) is 4.09. The summed E-state index contributed by atoms with van der Waals surface area (Å²) in [6.45, 7) is 7.40. The van der Waals surface area contributed by atoms with E-state index in [-0.39, 0.29) is 12.6 Å². The SMILES string of the molecule is C#CCOc1cc2c(cc1C=O)CCCN2CCCC(=O)OC(C)(C)C. The highest BCUT2D eigenvalue weighted by molar-refractivity contribution is 5.82. The molecule has 0 aromatic heterocycles. The molecule has 0 amide bonds. The van der Waals surface area contributed by atoms with E-state index in [1.54, 1.807) is 0 Å². The predicted octanol–water partition coefficient (Wildman–Crippen LogP) is 3.39. The fourth-order valence-electron chi connectivity index (χ4n) is 3.08. The first-order valence-electron chi connectivity index (χ1n) is 8.99. The van der Waals surface area contributed by atoms with E-state index in [1.807, 2.05) is 32.9 Å². The van der Waals surface area contributed by atoms with Gasteiger partial charge in [-0.3, -0.25) is 9.59 Å². The molecule has 1 aliphatic rings. The van der Waals surface area contributed by atoms with Gasteiger partial charge in [-0.2, -0.15) is 0 Å². The second-order valence-corrected chi connectivity index (χ2v) is 7.41. The summed E-state index contributed by atoms with van der Waals surface area (Å²) in [4.78, 5) is 25.4. The minimum Gasteiger partial charge on any atom is -0.480 e. The molecule has 1 aromatic carbocycles. The molecular weight excluding hydrogens is 330 g/mol. The van der Waals surface area contributed by atoms with Gasteiger partial charge in [-0.05, 0) is 51.7 Å². The number of rotatable bonds is 7. The largest absolute Gasteiger partial charge is 0.480 e. The fourth-order valence-corrected chi connectivity index (χ4v) is 3.08. The predicted molar refractivity (Wildman–Crippen MR) is 102 cm³/mol. The van der Waals surface area contributed by atoms with E-state index >= 15 is 0 Å². The molecular formula is C21H27NO4. The number of esters is 1. The Labute approximate surface area is 155 Å². The molecule has 0 unspecified atom stereocenters. The quantitative estimate of drug-likeness (QED) is 0.425. The van der Waals surface area contributed by atoms with Crippen molar-refractivity contribution in [2.75, 3.05) is 24.6 Å². The van der Waals surface area contributed by atoms with Crippen LogP contribution in [0.4, 0.5) is 5.69 Å². The van der Waals surface area contributed by atoms with Gasteiger partial charge in [0.25, 0.3) is 0 Å². The molecule has 1 aromatic rings. The van der Waals surface area contributed by atoms with Gasteiger partial charge in [0.15, 0.2) is 6.29 Å². The Balaban J connectivity index is 2.06. The Bertz CT molecular complexity index is 697. The summed E-state index contributed by atoms with van der Waals surface area (Å²) in [5.74, 6) is 2.75. The molecule has 5 heteroatoms. The standard InChI is InChI=1S/C21H27NO4/c1-5-12-25-19-14-18-16(13-17(19)15-23)8-6-10-22(18)11-7-9-20(24)26-21(2,3)4/h1,13-15H,6-12H2,2-4H3. The van der Waals surface area contributed by atoms with Crippen LogP contribution in [0.25, 0.3) is 0 Å². The lowest BCUT2D eigenvalue weighted by atomic mass is 9.98. The van der Waals surface area contributed by atoms with Gasteiger partial charge in [0.05, 0.1) is 5.56 Å². The summed E-state index contributed by atoms with van der Waals surface area (Å²) in [5, 5.41) is 0. The van der Waals surface area contributed by atoms with Crippen LogP contribution < -0.4 is 9.64 Å². The molecule has 0 saturated carbocycles. The number of anilines is 1. The Kier molecular flexibility index (Phi) is 6.68. The number of nitrogens with zero attached hydrogens (tertiary/aromatic N) is 1. The number of aryl methyl sites for hydroxylation is 1. The van der Waals surface area contributed by atoms with E-state index in [0.717, 1.165) is 43.5 Å². The van der Waals surface area contributed by atoms with E-state index in [2.05, 4.69) is 10.8 Å². The van der Waals surface area contributed by atoms with Crippen molar-refractivity contribution in [1.29, 1.82) is 0 Å². The van der Waals surface area contributed by atoms with Gasteiger partial charge in [0, 0.05) is 31.3 Å². The number of benzene rings is 1. The van der Waals surface area contributed by atoms with E-state index in [1.165, 1.54) is 0 Å². The number of terminal acetylenes is 1. The van der Waals surface area contributed by atoms with Crippen molar-refractivity contribution in [2.45, 2.75) is 52.1 Å². The van der Waals surface area contributed by atoms with E-state index in [9.17, 15) is 9.59 Å². The van der Waals surface area contributed by atoms with Crippen LogP contribution in [0.15, 0.2) is 12.1 Å². The van der Waals surface area contributed by atoms with Crippen LogP contribution in [0.5, 0.6) is 5.75 Å². The van der Waals surface area contributed by atoms with Crippen LogP contribution in [0.1, 0.15) is 56.0 Å². The first-order chi connectivity index (χ1) is 12.3. The zero-order valence-corrected chi connectivity index (χ0v) is 15.8. The Hall–Kier alpha value is -2.48. The molecule has 26 heavy (non-hydrogen) atoms. The Morgan fingerprint density at radius 1 is 1.38 bits per heavy atom. The lowest BCUT2D eigenvalue weighted by Crippen LogP contribution is -2.31. The van der Waals surface area contributed by atoms with Crippen molar-refractivity contribution < 1.29 is 19.1 Å². The molecule has 1 heterocycles. The zero-order valence-electron chi connectivity index (χ0n) is 15.8. The van der Waals surface area contributed by atoms with Crippen LogP contribution >= 0.6 is 0 Å². The summed E-state index contributed by atoms with van der Waals surface area (Å²) >= 11 is 0. The number of carbonyl (C=O) groups is 2. The number of carbonyl (C=O) groups excluding carboxylic acids is 2. The molecule has 2 rings (SSSR count). The van der Waals surface area contributed by atoms with Gasteiger partial charge >= 0.3 is 5.97 Å². The van der Waals surface area contributed by atoms with E-state index in [0.29, 0.717) is 24.2 Å². The van der Waals surface area contributed by atoms with E-state index < -0.39 is 5.60 Å². The highest BCUT2D eigenvalue weighted by Crippen LogP contribution is 2.33. The maximum Gasteiger partial charge on any atom is 0.306 e. The smallest absolute Gasteiger partial charge is 0.306 e. The highest BCUT2D eigenvalue weighted by atomic mass is 16.6. The van der Waals surface area contributed by atoms with Crippen molar-refractivity contribution in [3.63, 3.8) is 0 Å². The summed E-state index contributed by atoms with van der Waals surface area (Å²) in [7, 11) is 0. The third-order valence-electron chi connectivity index (χ3n) is 4.09. The monoisotopic (exact) mass is 357 g/mol. The molecule has 5 nitrogen and oxygen atoms in total. The van der Waals surface area contributed by atoms with Crippen LogP contribution in [0.2, 0.25) is 0 Å². The Morgan fingerprint density at radius 2 is 2.15 bits per heavy atom. The van der Waals surface area contributed by atoms with Crippen LogP contribution in [0, 0.1) is 12.3 Å². The second kappa shape index (κ2) is 8.75. The van der Waals surface area contributed by atoms with Crippen molar-refractivity contribution in [3.05, 3.63) is 23.3 Å². The van der Waals surface area contributed by atoms with Gasteiger partial charge < -0.3 is 14.4 Å². The summed E-state index contributed by atoms with van der Waals surface area (Å²) < 4.78 is 10.9. The van der Waals surface area contributed by atoms with Gasteiger partial charge in [-0.25, -0.2) is 0 Å².